The summed E-state index contributed by atoms with van der Waals surface area (Å²) in [5.41, 5.74) is 1.45. The van der Waals surface area contributed by atoms with Crippen LogP contribution in [0.2, 0.25) is 5.02 Å². The van der Waals surface area contributed by atoms with Gasteiger partial charge >= 0.3 is 0 Å². The van der Waals surface area contributed by atoms with Crippen molar-refractivity contribution < 1.29 is 4.74 Å². The SMILES string of the molecule is CC1(C)COCCN1c1ccc(Cl)cc1C#N. The van der Waals surface area contributed by atoms with E-state index >= 15 is 0 Å². The van der Waals surface area contributed by atoms with Crippen molar-refractivity contribution in [2.75, 3.05) is 24.7 Å². The van der Waals surface area contributed by atoms with Crippen molar-refractivity contribution in [2.24, 2.45) is 0 Å². The lowest BCUT2D eigenvalue weighted by Gasteiger charge is -2.44. The largest absolute Gasteiger partial charge is 0.377 e. The maximum absolute atomic E-state index is 9.18. The highest BCUT2D eigenvalue weighted by Gasteiger charge is 2.31. The summed E-state index contributed by atoms with van der Waals surface area (Å²) >= 11 is 5.91. The van der Waals surface area contributed by atoms with Gasteiger partial charge in [0.05, 0.1) is 30.0 Å². The summed E-state index contributed by atoms with van der Waals surface area (Å²) < 4.78 is 5.48. The molecule has 0 spiro atoms. The van der Waals surface area contributed by atoms with Crippen LogP contribution in [0, 0.1) is 11.3 Å². The summed E-state index contributed by atoms with van der Waals surface area (Å²) in [7, 11) is 0. The maximum atomic E-state index is 9.18. The van der Waals surface area contributed by atoms with Crippen LogP contribution in [0.25, 0.3) is 0 Å². The molecule has 0 bridgehead atoms. The molecule has 2 rings (SSSR count). The molecule has 90 valence electrons. The highest BCUT2D eigenvalue weighted by atomic mass is 35.5. The predicted octanol–water partition coefficient (Wildman–Crippen LogP) is 2.83. The Bertz CT molecular complexity index is 465. The first-order chi connectivity index (χ1) is 8.04. The van der Waals surface area contributed by atoms with E-state index in [4.69, 9.17) is 16.3 Å². The third kappa shape index (κ3) is 2.38. The Morgan fingerprint density at radius 2 is 2.24 bits per heavy atom. The fourth-order valence-electron chi connectivity index (χ4n) is 2.14. The molecule has 1 aromatic carbocycles. The number of halogens is 1. The van der Waals surface area contributed by atoms with Gasteiger partial charge in [-0.25, -0.2) is 0 Å². The van der Waals surface area contributed by atoms with E-state index in [-0.39, 0.29) is 5.54 Å². The average molecular weight is 251 g/mol. The molecular formula is C13H15ClN2O. The zero-order valence-electron chi connectivity index (χ0n) is 10.0. The number of benzene rings is 1. The summed E-state index contributed by atoms with van der Waals surface area (Å²) in [5.74, 6) is 0. The van der Waals surface area contributed by atoms with E-state index in [1.54, 1.807) is 6.07 Å². The predicted molar refractivity (Wildman–Crippen MR) is 68.4 cm³/mol. The normalized spacial score (nSPS) is 18.8. The van der Waals surface area contributed by atoms with Gasteiger partial charge in [-0.15, -0.1) is 0 Å². The van der Waals surface area contributed by atoms with E-state index in [0.29, 0.717) is 23.8 Å². The van der Waals surface area contributed by atoms with E-state index in [0.717, 1.165) is 12.2 Å². The minimum absolute atomic E-state index is 0.0995. The van der Waals surface area contributed by atoms with E-state index < -0.39 is 0 Å². The summed E-state index contributed by atoms with van der Waals surface area (Å²) in [4.78, 5) is 2.21. The first-order valence-electron chi connectivity index (χ1n) is 5.59. The summed E-state index contributed by atoms with van der Waals surface area (Å²) in [6.07, 6.45) is 0. The van der Waals surface area contributed by atoms with Gasteiger partial charge in [0.25, 0.3) is 0 Å². The molecule has 0 amide bonds. The molecule has 0 aliphatic carbocycles. The fraction of sp³-hybridized carbons (Fsp3) is 0.462. The van der Waals surface area contributed by atoms with Crippen LogP contribution < -0.4 is 4.90 Å². The lowest BCUT2D eigenvalue weighted by molar-refractivity contribution is 0.0644. The fourth-order valence-corrected chi connectivity index (χ4v) is 2.31. The molecule has 0 N–H and O–H groups in total. The van der Waals surface area contributed by atoms with Crippen LogP contribution in [-0.2, 0) is 4.74 Å². The summed E-state index contributed by atoms with van der Waals surface area (Å²) in [6.45, 7) is 6.38. The molecule has 1 aliphatic heterocycles. The average Bonchev–Trinajstić information content (AvgIpc) is 2.29. The van der Waals surface area contributed by atoms with E-state index in [2.05, 4.69) is 24.8 Å². The number of rotatable bonds is 1. The first-order valence-corrected chi connectivity index (χ1v) is 5.97. The van der Waals surface area contributed by atoms with Crippen LogP contribution >= 0.6 is 11.6 Å². The van der Waals surface area contributed by atoms with Crippen molar-refractivity contribution >= 4 is 17.3 Å². The zero-order valence-corrected chi connectivity index (χ0v) is 10.8. The summed E-state index contributed by atoms with van der Waals surface area (Å²) in [5, 5.41) is 9.77. The van der Waals surface area contributed by atoms with Crippen LogP contribution in [0.5, 0.6) is 0 Å². The number of ether oxygens (including phenoxy) is 1. The Balaban J connectivity index is 2.42. The molecule has 1 aliphatic rings. The minimum atomic E-state index is -0.0995. The molecule has 0 unspecified atom stereocenters. The van der Waals surface area contributed by atoms with E-state index in [1.807, 2.05) is 12.1 Å². The van der Waals surface area contributed by atoms with Gasteiger partial charge < -0.3 is 9.64 Å². The molecule has 0 saturated carbocycles. The first kappa shape index (κ1) is 12.2. The molecule has 4 heteroatoms. The van der Waals surface area contributed by atoms with Crippen molar-refractivity contribution in [3.05, 3.63) is 28.8 Å². The summed E-state index contributed by atoms with van der Waals surface area (Å²) in [6, 6.07) is 7.65. The smallest absolute Gasteiger partial charge is 0.101 e. The van der Waals surface area contributed by atoms with Crippen molar-refractivity contribution in [3.8, 4) is 6.07 Å². The molecule has 1 fully saturated rings. The second-order valence-electron chi connectivity index (χ2n) is 4.79. The third-order valence-electron chi connectivity index (χ3n) is 3.02. The molecule has 3 nitrogen and oxygen atoms in total. The van der Waals surface area contributed by atoms with Gasteiger partial charge in [-0.05, 0) is 32.0 Å². The van der Waals surface area contributed by atoms with Crippen LogP contribution in [0.15, 0.2) is 18.2 Å². The van der Waals surface area contributed by atoms with Crippen molar-refractivity contribution in [1.82, 2.24) is 0 Å². The number of morpholine rings is 1. The second kappa shape index (κ2) is 4.56. The van der Waals surface area contributed by atoms with Gasteiger partial charge in [0.15, 0.2) is 0 Å². The molecule has 1 saturated heterocycles. The number of nitriles is 1. The minimum Gasteiger partial charge on any atom is -0.377 e. The van der Waals surface area contributed by atoms with Crippen molar-refractivity contribution in [3.63, 3.8) is 0 Å². The van der Waals surface area contributed by atoms with Crippen LogP contribution in [0.1, 0.15) is 19.4 Å². The standard InChI is InChI=1S/C13H15ClN2O/c1-13(2)9-17-6-5-16(13)12-4-3-11(14)7-10(12)8-15/h3-4,7H,5-6,9H2,1-2H3. The molecule has 0 aromatic heterocycles. The molecule has 1 aromatic rings. The van der Waals surface area contributed by atoms with Gasteiger partial charge in [0, 0.05) is 11.6 Å². The lowest BCUT2D eigenvalue weighted by atomic mass is 10.00. The Morgan fingerprint density at radius 3 is 2.88 bits per heavy atom. The van der Waals surface area contributed by atoms with Crippen LogP contribution in [0.4, 0.5) is 5.69 Å². The van der Waals surface area contributed by atoms with Gasteiger partial charge in [-0.2, -0.15) is 5.26 Å². The monoisotopic (exact) mass is 250 g/mol. The van der Waals surface area contributed by atoms with Crippen molar-refractivity contribution in [2.45, 2.75) is 19.4 Å². The van der Waals surface area contributed by atoms with Crippen LogP contribution in [-0.4, -0.2) is 25.3 Å². The lowest BCUT2D eigenvalue weighted by Crippen LogP contribution is -2.53. The van der Waals surface area contributed by atoms with Crippen LogP contribution in [0.3, 0.4) is 0 Å². The topological polar surface area (TPSA) is 36.3 Å². The maximum Gasteiger partial charge on any atom is 0.101 e. The second-order valence-corrected chi connectivity index (χ2v) is 5.23. The number of nitrogens with zero attached hydrogens (tertiary/aromatic N) is 2. The molecule has 1 heterocycles. The third-order valence-corrected chi connectivity index (χ3v) is 3.25. The van der Waals surface area contributed by atoms with Gasteiger partial charge in [-0.3, -0.25) is 0 Å². The van der Waals surface area contributed by atoms with Crippen molar-refractivity contribution in [1.29, 1.82) is 5.26 Å². The van der Waals surface area contributed by atoms with Gasteiger partial charge in [-0.1, -0.05) is 11.6 Å². The Labute approximate surface area is 107 Å². The zero-order chi connectivity index (χ0) is 12.5. The number of anilines is 1. The number of hydrogen-bond acceptors (Lipinski definition) is 3. The Hall–Kier alpha value is -1.24. The highest BCUT2D eigenvalue weighted by molar-refractivity contribution is 6.30. The van der Waals surface area contributed by atoms with Gasteiger partial charge in [0.2, 0.25) is 0 Å². The molecule has 17 heavy (non-hydrogen) atoms. The van der Waals surface area contributed by atoms with E-state index in [9.17, 15) is 5.26 Å². The highest BCUT2D eigenvalue weighted by Crippen LogP contribution is 2.31. The Morgan fingerprint density at radius 1 is 1.47 bits per heavy atom. The van der Waals surface area contributed by atoms with Gasteiger partial charge in [0.1, 0.15) is 6.07 Å². The molecular weight excluding hydrogens is 236 g/mol. The quantitative estimate of drug-likeness (QED) is 0.769. The van der Waals surface area contributed by atoms with E-state index in [1.165, 1.54) is 0 Å². The molecule has 0 radical (unpaired) electrons. The molecule has 0 atom stereocenters. The Kier molecular flexibility index (Phi) is 3.28. The number of hydrogen-bond donors (Lipinski definition) is 0.